The van der Waals surface area contributed by atoms with Gasteiger partial charge < -0.3 is 10.2 Å². The SMILES string of the molecule is C[C@H]1C(=O)NC(C)(C)N1C1=CCCCC1. The van der Waals surface area contributed by atoms with Crippen LogP contribution in [0.5, 0.6) is 0 Å². The van der Waals surface area contributed by atoms with Crippen molar-refractivity contribution in [2.45, 2.75) is 58.2 Å². The molecule has 1 aliphatic heterocycles. The third-order valence-electron chi connectivity index (χ3n) is 3.37. The molecule has 0 spiro atoms. The molecule has 1 aliphatic carbocycles. The standard InChI is InChI=1S/C12H20N2O/c1-9-11(15)13-12(2,3)14(9)10-7-5-4-6-8-10/h7,9H,4-6,8H2,1-3H3,(H,13,15)/t9-/m0/s1. The lowest BCUT2D eigenvalue weighted by atomic mass is 10.0. The molecule has 1 amide bonds. The number of carbonyl (C=O) groups is 1. The number of nitrogens with zero attached hydrogens (tertiary/aromatic N) is 1. The molecule has 0 radical (unpaired) electrons. The van der Waals surface area contributed by atoms with Gasteiger partial charge >= 0.3 is 0 Å². The molecule has 1 fully saturated rings. The van der Waals surface area contributed by atoms with E-state index in [0.29, 0.717) is 0 Å². The fraction of sp³-hybridized carbons (Fsp3) is 0.750. The van der Waals surface area contributed by atoms with Crippen LogP contribution in [0.1, 0.15) is 46.5 Å². The van der Waals surface area contributed by atoms with E-state index in [4.69, 9.17) is 0 Å². The molecule has 1 atom stereocenters. The van der Waals surface area contributed by atoms with Crippen LogP contribution in [0, 0.1) is 0 Å². The molecule has 0 bridgehead atoms. The molecule has 15 heavy (non-hydrogen) atoms. The van der Waals surface area contributed by atoms with Crippen LogP contribution < -0.4 is 5.32 Å². The van der Waals surface area contributed by atoms with Crippen molar-refractivity contribution in [3.63, 3.8) is 0 Å². The summed E-state index contributed by atoms with van der Waals surface area (Å²) in [6.45, 7) is 6.13. The maximum atomic E-state index is 11.7. The van der Waals surface area contributed by atoms with Gasteiger partial charge in [0.1, 0.15) is 11.7 Å². The van der Waals surface area contributed by atoms with Gasteiger partial charge in [0.25, 0.3) is 0 Å². The quantitative estimate of drug-likeness (QED) is 0.715. The van der Waals surface area contributed by atoms with Gasteiger partial charge in [0, 0.05) is 5.70 Å². The van der Waals surface area contributed by atoms with Crippen LogP contribution in [0.15, 0.2) is 11.8 Å². The van der Waals surface area contributed by atoms with E-state index in [2.05, 4.69) is 30.1 Å². The molecule has 2 aliphatic rings. The van der Waals surface area contributed by atoms with Crippen LogP contribution in [-0.4, -0.2) is 22.5 Å². The van der Waals surface area contributed by atoms with Crippen LogP contribution in [-0.2, 0) is 4.79 Å². The fourth-order valence-corrected chi connectivity index (χ4v) is 2.72. The number of rotatable bonds is 1. The van der Waals surface area contributed by atoms with Gasteiger partial charge in [-0.3, -0.25) is 4.79 Å². The van der Waals surface area contributed by atoms with E-state index < -0.39 is 0 Å². The zero-order chi connectivity index (χ0) is 11.1. The minimum atomic E-state index is -0.223. The maximum Gasteiger partial charge on any atom is 0.244 e. The molecule has 0 unspecified atom stereocenters. The number of nitrogens with one attached hydrogen (secondary N) is 1. The predicted octanol–water partition coefficient (Wildman–Crippen LogP) is 2.00. The summed E-state index contributed by atoms with van der Waals surface area (Å²) in [6.07, 6.45) is 7.10. The largest absolute Gasteiger partial charge is 0.341 e. The normalized spacial score (nSPS) is 30.1. The average Bonchev–Trinajstić information content (AvgIpc) is 2.37. The second kappa shape index (κ2) is 3.54. The van der Waals surface area contributed by atoms with Crippen LogP contribution >= 0.6 is 0 Å². The highest BCUT2D eigenvalue weighted by Crippen LogP contribution is 2.32. The summed E-state index contributed by atoms with van der Waals surface area (Å²) in [6, 6.07) is -0.0238. The Kier molecular flexibility index (Phi) is 2.49. The average molecular weight is 208 g/mol. The van der Waals surface area contributed by atoms with Crippen LogP contribution in [0.25, 0.3) is 0 Å². The predicted molar refractivity (Wildman–Crippen MR) is 60.1 cm³/mol. The van der Waals surface area contributed by atoms with Gasteiger partial charge in [-0.2, -0.15) is 0 Å². The summed E-state index contributed by atoms with van der Waals surface area (Å²) in [5.41, 5.74) is 1.12. The Morgan fingerprint density at radius 2 is 2.20 bits per heavy atom. The number of hydrogen-bond acceptors (Lipinski definition) is 2. The molecule has 84 valence electrons. The third kappa shape index (κ3) is 1.75. The van der Waals surface area contributed by atoms with Crippen molar-refractivity contribution in [1.82, 2.24) is 10.2 Å². The summed E-state index contributed by atoms with van der Waals surface area (Å²) in [5, 5.41) is 3.04. The minimum absolute atomic E-state index is 0.0238. The zero-order valence-electron chi connectivity index (χ0n) is 9.84. The Balaban J connectivity index is 2.26. The monoisotopic (exact) mass is 208 g/mol. The number of carbonyl (C=O) groups excluding carboxylic acids is 1. The molecule has 0 aromatic heterocycles. The fourth-order valence-electron chi connectivity index (χ4n) is 2.72. The zero-order valence-corrected chi connectivity index (χ0v) is 9.84. The summed E-state index contributed by atoms with van der Waals surface area (Å²) >= 11 is 0. The van der Waals surface area contributed by atoms with E-state index in [1.807, 2.05) is 6.92 Å². The first-order valence-electron chi connectivity index (χ1n) is 5.83. The molecule has 1 heterocycles. The number of allylic oxidation sites excluding steroid dienone is 2. The molecular formula is C12H20N2O. The van der Waals surface area contributed by atoms with Crippen molar-refractivity contribution in [1.29, 1.82) is 0 Å². The molecule has 0 saturated carbocycles. The molecule has 2 rings (SSSR count). The van der Waals surface area contributed by atoms with Gasteiger partial charge in [0.15, 0.2) is 0 Å². The lowest BCUT2D eigenvalue weighted by Crippen LogP contribution is -2.47. The van der Waals surface area contributed by atoms with Crippen molar-refractivity contribution < 1.29 is 4.79 Å². The van der Waals surface area contributed by atoms with Crippen molar-refractivity contribution in [2.24, 2.45) is 0 Å². The maximum absolute atomic E-state index is 11.7. The summed E-state index contributed by atoms with van der Waals surface area (Å²) in [7, 11) is 0. The lowest BCUT2D eigenvalue weighted by molar-refractivity contribution is -0.121. The lowest BCUT2D eigenvalue weighted by Gasteiger charge is -2.37. The van der Waals surface area contributed by atoms with Crippen LogP contribution in [0.3, 0.4) is 0 Å². The van der Waals surface area contributed by atoms with Crippen molar-refractivity contribution in [3.8, 4) is 0 Å². The Labute approximate surface area is 91.5 Å². The second-order valence-corrected chi connectivity index (χ2v) is 5.04. The minimum Gasteiger partial charge on any atom is -0.341 e. The summed E-state index contributed by atoms with van der Waals surface area (Å²) in [4.78, 5) is 13.9. The van der Waals surface area contributed by atoms with E-state index in [0.717, 1.165) is 12.8 Å². The first-order valence-corrected chi connectivity index (χ1v) is 5.83. The van der Waals surface area contributed by atoms with E-state index in [1.165, 1.54) is 18.5 Å². The van der Waals surface area contributed by atoms with Crippen molar-refractivity contribution >= 4 is 5.91 Å². The highest BCUT2D eigenvalue weighted by Gasteiger charge is 2.43. The number of hydrogen-bond donors (Lipinski definition) is 1. The highest BCUT2D eigenvalue weighted by molar-refractivity contribution is 5.84. The van der Waals surface area contributed by atoms with E-state index in [1.54, 1.807) is 0 Å². The molecule has 3 nitrogen and oxygen atoms in total. The van der Waals surface area contributed by atoms with Gasteiger partial charge in [-0.25, -0.2) is 0 Å². The van der Waals surface area contributed by atoms with Gasteiger partial charge in [0.05, 0.1) is 0 Å². The summed E-state index contributed by atoms with van der Waals surface area (Å²) in [5.74, 6) is 0.145. The molecule has 0 aromatic rings. The smallest absolute Gasteiger partial charge is 0.244 e. The molecule has 1 saturated heterocycles. The van der Waals surface area contributed by atoms with Gasteiger partial charge in [0.2, 0.25) is 5.91 Å². The van der Waals surface area contributed by atoms with E-state index >= 15 is 0 Å². The Morgan fingerprint density at radius 3 is 2.67 bits per heavy atom. The van der Waals surface area contributed by atoms with Gasteiger partial charge in [-0.1, -0.05) is 6.08 Å². The number of amides is 1. The molecule has 3 heteroatoms. The van der Waals surface area contributed by atoms with Crippen molar-refractivity contribution in [2.75, 3.05) is 0 Å². The Hall–Kier alpha value is -0.990. The van der Waals surface area contributed by atoms with Crippen molar-refractivity contribution in [3.05, 3.63) is 11.8 Å². The van der Waals surface area contributed by atoms with Crippen LogP contribution in [0.2, 0.25) is 0 Å². The van der Waals surface area contributed by atoms with Crippen LogP contribution in [0.4, 0.5) is 0 Å². The summed E-state index contributed by atoms with van der Waals surface area (Å²) < 4.78 is 0. The van der Waals surface area contributed by atoms with E-state index in [-0.39, 0.29) is 17.6 Å². The Bertz CT molecular complexity index is 307. The molecule has 0 aromatic carbocycles. The van der Waals surface area contributed by atoms with Gasteiger partial charge in [-0.15, -0.1) is 0 Å². The topological polar surface area (TPSA) is 32.3 Å². The van der Waals surface area contributed by atoms with E-state index in [9.17, 15) is 4.79 Å². The van der Waals surface area contributed by atoms with Gasteiger partial charge in [-0.05, 0) is 46.5 Å². The third-order valence-corrected chi connectivity index (χ3v) is 3.37. The Morgan fingerprint density at radius 1 is 1.47 bits per heavy atom. The highest BCUT2D eigenvalue weighted by atomic mass is 16.2. The molecular weight excluding hydrogens is 188 g/mol. The first kappa shape index (κ1) is 10.5. The first-order chi connectivity index (χ1) is 7.02. The second-order valence-electron chi connectivity index (χ2n) is 5.04. The molecule has 1 N–H and O–H groups in total.